The first-order chi connectivity index (χ1) is 12.4. The molecule has 1 fully saturated rings. The molecule has 0 bridgehead atoms. The monoisotopic (exact) mass is 394 g/mol. The number of ether oxygens (including phenoxy) is 1. The number of halogens is 2. The van der Waals surface area contributed by atoms with Crippen molar-refractivity contribution in [2.45, 2.75) is 18.9 Å². The molecule has 26 heavy (non-hydrogen) atoms. The lowest BCUT2D eigenvalue weighted by molar-refractivity contribution is -0.124. The molecule has 1 aliphatic rings. The standard InChI is InChI=1S/C18H16Cl2N2O4/c19-13-8-12(9-14(20)16(13)23)22-17(24)10-3-5-11(6-4-10)21-18(25)15-2-1-7-26-15/h3-6,8-9,15,23H,1-2,7H2,(H,21,25)(H,22,24). The number of phenols is 1. The Morgan fingerprint density at radius 2 is 1.69 bits per heavy atom. The smallest absolute Gasteiger partial charge is 0.255 e. The van der Waals surface area contributed by atoms with E-state index in [4.69, 9.17) is 27.9 Å². The molecule has 1 saturated heterocycles. The molecule has 2 amide bonds. The van der Waals surface area contributed by atoms with E-state index in [1.165, 1.54) is 12.1 Å². The van der Waals surface area contributed by atoms with Gasteiger partial charge in [-0.2, -0.15) is 0 Å². The Labute approximate surface area is 160 Å². The Kier molecular flexibility index (Phi) is 5.66. The van der Waals surface area contributed by atoms with E-state index in [9.17, 15) is 14.7 Å². The van der Waals surface area contributed by atoms with Gasteiger partial charge in [-0.3, -0.25) is 9.59 Å². The minimum absolute atomic E-state index is 0.0417. The number of carbonyl (C=O) groups is 2. The van der Waals surface area contributed by atoms with Crippen LogP contribution in [0.1, 0.15) is 23.2 Å². The maximum Gasteiger partial charge on any atom is 0.255 e. The summed E-state index contributed by atoms with van der Waals surface area (Å²) < 4.78 is 5.33. The van der Waals surface area contributed by atoms with Gasteiger partial charge in [0.05, 0.1) is 10.0 Å². The largest absolute Gasteiger partial charge is 0.505 e. The predicted molar refractivity (Wildman–Crippen MR) is 100 cm³/mol. The van der Waals surface area contributed by atoms with Crippen LogP contribution >= 0.6 is 23.2 Å². The van der Waals surface area contributed by atoms with E-state index in [-0.39, 0.29) is 27.6 Å². The summed E-state index contributed by atoms with van der Waals surface area (Å²) in [5.74, 6) is -0.800. The summed E-state index contributed by atoms with van der Waals surface area (Å²) in [6.45, 7) is 0.600. The molecule has 6 nitrogen and oxygen atoms in total. The molecule has 136 valence electrons. The zero-order valence-corrected chi connectivity index (χ0v) is 15.1. The minimum Gasteiger partial charge on any atom is -0.505 e. The van der Waals surface area contributed by atoms with Crippen LogP contribution in [0.3, 0.4) is 0 Å². The van der Waals surface area contributed by atoms with Gasteiger partial charge in [0.25, 0.3) is 11.8 Å². The van der Waals surface area contributed by atoms with Crippen LogP contribution in [0.2, 0.25) is 10.0 Å². The first-order valence-corrected chi connectivity index (χ1v) is 8.71. The fourth-order valence-electron chi connectivity index (χ4n) is 2.55. The molecule has 3 N–H and O–H groups in total. The maximum atomic E-state index is 12.3. The van der Waals surface area contributed by atoms with Crippen molar-refractivity contribution in [1.82, 2.24) is 0 Å². The number of rotatable bonds is 4. The first kappa shape index (κ1) is 18.5. The molecule has 0 saturated carbocycles. The predicted octanol–water partition coefficient (Wildman–Crippen LogP) is 4.07. The van der Waals surface area contributed by atoms with Crippen LogP contribution in [0, 0.1) is 0 Å². The number of phenolic OH excluding ortho intramolecular Hbond substituents is 1. The summed E-state index contributed by atoms with van der Waals surface area (Å²) in [5.41, 5.74) is 1.33. The lowest BCUT2D eigenvalue weighted by Crippen LogP contribution is -2.26. The summed E-state index contributed by atoms with van der Waals surface area (Å²) in [6.07, 6.45) is 1.17. The molecule has 1 unspecified atom stereocenters. The average Bonchev–Trinajstić information content (AvgIpc) is 3.15. The van der Waals surface area contributed by atoms with Crippen molar-refractivity contribution >= 4 is 46.4 Å². The lowest BCUT2D eigenvalue weighted by atomic mass is 10.1. The Morgan fingerprint density at radius 3 is 2.27 bits per heavy atom. The fraction of sp³-hybridized carbons (Fsp3) is 0.222. The zero-order valence-electron chi connectivity index (χ0n) is 13.6. The summed E-state index contributed by atoms with van der Waals surface area (Å²) in [4.78, 5) is 24.3. The second-order valence-corrected chi connectivity index (χ2v) is 6.63. The van der Waals surface area contributed by atoms with Gasteiger partial charge in [-0.05, 0) is 49.2 Å². The fourth-order valence-corrected chi connectivity index (χ4v) is 3.04. The molecule has 2 aromatic rings. The van der Waals surface area contributed by atoms with Gasteiger partial charge in [0, 0.05) is 23.5 Å². The first-order valence-electron chi connectivity index (χ1n) is 7.96. The van der Waals surface area contributed by atoms with Crippen molar-refractivity contribution in [2.75, 3.05) is 17.2 Å². The second-order valence-electron chi connectivity index (χ2n) is 5.81. The van der Waals surface area contributed by atoms with Gasteiger partial charge < -0.3 is 20.5 Å². The van der Waals surface area contributed by atoms with Crippen LogP contribution in [0.15, 0.2) is 36.4 Å². The highest BCUT2D eigenvalue weighted by Crippen LogP contribution is 2.34. The molecular weight excluding hydrogens is 379 g/mol. The quantitative estimate of drug-likeness (QED) is 0.682. The Bertz CT molecular complexity index is 811. The summed E-state index contributed by atoms with van der Waals surface area (Å²) in [5, 5.41) is 15.0. The van der Waals surface area contributed by atoms with E-state index >= 15 is 0 Å². The van der Waals surface area contributed by atoms with Crippen LogP contribution in [-0.2, 0) is 9.53 Å². The molecule has 0 spiro atoms. The number of carbonyl (C=O) groups excluding carboxylic acids is 2. The third-order valence-corrected chi connectivity index (χ3v) is 4.49. The highest BCUT2D eigenvalue weighted by atomic mass is 35.5. The Balaban J connectivity index is 1.64. The summed E-state index contributed by atoms with van der Waals surface area (Å²) >= 11 is 11.7. The molecule has 1 aliphatic heterocycles. The molecule has 1 atom stereocenters. The van der Waals surface area contributed by atoms with E-state index in [2.05, 4.69) is 10.6 Å². The van der Waals surface area contributed by atoms with E-state index < -0.39 is 6.10 Å². The van der Waals surface area contributed by atoms with Crippen LogP contribution in [0.5, 0.6) is 5.75 Å². The van der Waals surface area contributed by atoms with E-state index in [0.717, 1.165) is 6.42 Å². The van der Waals surface area contributed by atoms with Crippen molar-refractivity contribution in [3.63, 3.8) is 0 Å². The minimum atomic E-state index is -0.415. The number of hydrogen-bond donors (Lipinski definition) is 3. The van der Waals surface area contributed by atoms with E-state index in [0.29, 0.717) is 30.0 Å². The molecular formula is C18H16Cl2N2O4. The highest BCUT2D eigenvalue weighted by molar-refractivity contribution is 6.37. The van der Waals surface area contributed by atoms with Gasteiger partial charge >= 0.3 is 0 Å². The number of anilines is 2. The number of benzene rings is 2. The molecule has 3 rings (SSSR count). The molecule has 8 heteroatoms. The van der Waals surface area contributed by atoms with Crippen molar-refractivity contribution < 1.29 is 19.4 Å². The number of nitrogens with one attached hydrogen (secondary N) is 2. The summed E-state index contributed by atoms with van der Waals surface area (Å²) in [7, 11) is 0. The third kappa shape index (κ3) is 4.27. The van der Waals surface area contributed by atoms with Crippen molar-refractivity contribution in [3.8, 4) is 5.75 Å². The van der Waals surface area contributed by atoms with Crippen molar-refractivity contribution in [1.29, 1.82) is 0 Å². The number of aromatic hydroxyl groups is 1. The molecule has 2 aromatic carbocycles. The number of amides is 2. The third-order valence-electron chi connectivity index (χ3n) is 3.91. The Morgan fingerprint density at radius 1 is 1.04 bits per heavy atom. The second kappa shape index (κ2) is 7.95. The SMILES string of the molecule is O=C(Nc1cc(Cl)c(O)c(Cl)c1)c1ccc(NC(=O)C2CCCO2)cc1. The lowest BCUT2D eigenvalue weighted by Gasteiger charge is -2.11. The van der Waals surface area contributed by atoms with E-state index in [1.807, 2.05) is 0 Å². The highest BCUT2D eigenvalue weighted by Gasteiger charge is 2.23. The van der Waals surface area contributed by atoms with Gasteiger partial charge in [0.15, 0.2) is 5.75 Å². The Hall–Kier alpha value is -2.28. The van der Waals surface area contributed by atoms with Crippen LogP contribution in [0.4, 0.5) is 11.4 Å². The van der Waals surface area contributed by atoms with Gasteiger partial charge in [-0.1, -0.05) is 23.2 Å². The van der Waals surface area contributed by atoms with Gasteiger partial charge in [0.2, 0.25) is 0 Å². The molecule has 0 aliphatic carbocycles. The maximum absolute atomic E-state index is 12.3. The van der Waals surface area contributed by atoms with Crippen LogP contribution in [0.25, 0.3) is 0 Å². The average molecular weight is 395 g/mol. The van der Waals surface area contributed by atoms with Crippen molar-refractivity contribution in [2.24, 2.45) is 0 Å². The summed E-state index contributed by atoms with van der Waals surface area (Å²) in [6, 6.07) is 9.25. The van der Waals surface area contributed by atoms with Crippen LogP contribution in [-0.4, -0.2) is 29.6 Å². The van der Waals surface area contributed by atoms with Crippen LogP contribution < -0.4 is 10.6 Å². The molecule has 1 heterocycles. The molecule has 0 aromatic heterocycles. The van der Waals surface area contributed by atoms with Crippen molar-refractivity contribution in [3.05, 3.63) is 52.0 Å². The van der Waals surface area contributed by atoms with Gasteiger partial charge in [-0.25, -0.2) is 0 Å². The molecule has 0 radical (unpaired) electrons. The normalized spacial score (nSPS) is 16.3. The number of hydrogen-bond acceptors (Lipinski definition) is 4. The van der Waals surface area contributed by atoms with Gasteiger partial charge in [-0.15, -0.1) is 0 Å². The zero-order chi connectivity index (χ0) is 18.7. The van der Waals surface area contributed by atoms with Gasteiger partial charge in [0.1, 0.15) is 6.10 Å². The topological polar surface area (TPSA) is 87.7 Å². The van der Waals surface area contributed by atoms with E-state index in [1.54, 1.807) is 24.3 Å².